The van der Waals surface area contributed by atoms with Gasteiger partial charge in [0.15, 0.2) is 0 Å². The second-order valence-electron chi connectivity index (χ2n) is 7.31. The van der Waals surface area contributed by atoms with Crippen LogP contribution in [0, 0.1) is 23.0 Å². The maximum absolute atomic E-state index is 14.8. The van der Waals surface area contributed by atoms with Gasteiger partial charge < -0.3 is 9.94 Å². The van der Waals surface area contributed by atoms with Crippen molar-refractivity contribution < 1.29 is 18.7 Å². The number of nitrogens with zero attached hydrogens (tertiary/aromatic N) is 4. The Kier molecular flexibility index (Phi) is 6.14. The fourth-order valence-corrected chi connectivity index (χ4v) is 3.91. The Morgan fingerprint density at radius 3 is 2.71 bits per heavy atom. The van der Waals surface area contributed by atoms with E-state index >= 15 is 0 Å². The number of aliphatic hydroxyl groups is 1. The van der Waals surface area contributed by atoms with Gasteiger partial charge in [-0.15, -0.1) is 0 Å². The summed E-state index contributed by atoms with van der Waals surface area (Å²) in [6, 6.07) is 3.22. The number of halogens is 3. The first-order valence-electron chi connectivity index (χ1n) is 9.10. The van der Waals surface area contributed by atoms with Crippen LogP contribution in [-0.2, 0) is 17.0 Å². The van der Waals surface area contributed by atoms with E-state index in [1.165, 1.54) is 23.4 Å². The summed E-state index contributed by atoms with van der Waals surface area (Å²) < 4.78 is 29.7. The van der Waals surface area contributed by atoms with Crippen molar-refractivity contribution >= 4 is 21.6 Å². The minimum absolute atomic E-state index is 0.00995. The van der Waals surface area contributed by atoms with Crippen molar-refractivity contribution in [2.24, 2.45) is 16.5 Å². The third kappa shape index (κ3) is 3.82. The van der Waals surface area contributed by atoms with E-state index in [2.05, 4.69) is 31.2 Å². The molecule has 1 aromatic carbocycles. The largest absolute Gasteiger partial charge is 0.395 e. The molecule has 1 fully saturated rings. The summed E-state index contributed by atoms with van der Waals surface area (Å²) in [5.74, 6) is -1.55. The molecule has 1 aliphatic rings. The zero-order valence-electron chi connectivity index (χ0n) is 15.8. The Hall–Kier alpha value is -1.87. The van der Waals surface area contributed by atoms with Gasteiger partial charge in [-0.1, -0.05) is 41.0 Å². The van der Waals surface area contributed by atoms with E-state index in [9.17, 15) is 13.9 Å². The molecule has 0 spiro atoms. The van der Waals surface area contributed by atoms with Crippen molar-refractivity contribution in [2.45, 2.75) is 38.8 Å². The molecule has 2 aromatic rings. The Morgan fingerprint density at radius 1 is 1.43 bits per heavy atom. The van der Waals surface area contributed by atoms with Crippen molar-refractivity contribution in [3.05, 3.63) is 48.1 Å². The number of benzene rings is 1. The van der Waals surface area contributed by atoms with Gasteiger partial charge in [0.1, 0.15) is 36.5 Å². The van der Waals surface area contributed by atoms with Crippen molar-refractivity contribution in [3.8, 4) is 0 Å². The van der Waals surface area contributed by atoms with E-state index in [-0.39, 0.29) is 18.0 Å². The number of alkyl halides is 1. The lowest BCUT2D eigenvalue weighted by atomic mass is 9.72. The minimum atomic E-state index is -1.70. The highest BCUT2D eigenvalue weighted by molar-refractivity contribution is 9.09. The second kappa shape index (κ2) is 8.24. The van der Waals surface area contributed by atoms with Gasteiger partial charge in [0.2, 0.25) is 0 Å². The molecule has 3 rings (SSSR count). The molecule has 1 aliphatic carbocycles. The van der Waals surface area contributed by atoms with Crippen LogP contribution in [0.2, 0.25) is 0 Å². The molecule has 9 heteroatoms. The Labute approximate surface area is 170 Å². The van der Waals surface area contributed by atoms with Crippen LogP contribution in [0.3, 0.4) is 0 Å². The molecule has 152 valence electrons. The minimum Gasteiger partial charge on any atom is -0.395 e. The monoisotopic (exact) mass is 456 g/mol. The number of rotatable bonds is 9. The average Bonchev–Trinajstić information content (AvgIpc) is 3.29. The number of hydrogen-bond acceptors (Lipinski definition) is 5. The normalized spacial score (nSPS) is 18.2. The van der Waals surface area contributed by atoms with Crippen molar-refractivity contribution in [1.82, 2.24) is 14.8 Å². The smallest absolute Gasteiger partial charge is 0.137 e. The predicted molar refractivity (Wildman–Crippen MR) is 104 cm³/mol. The molecule has 28 heavy (non-hydrogen) atoms. The maximum Gasteiger partial charge on any atom is 0.137 e. The van der Waals surface area contributed by atoms with E-state index in [1.807, 2.05) is 13.8 Å². The van der Waals surface area contributed by atoms with Gasteiger partial charge in [-0.3, -0.25) is 0 Å². The van der Waals surface area contributed by atoms with Crippen LogP contribution in [0.5, 0.6) is 0 Å². The lowest BCUT2D eigenvalue weighted by Crippen LogP contribution is -2.47. The number of hydrogen-bond donors (Lipinski definition) is 1. The molecule has 0 amide bonds. The van der Waals surface area contributed by atoms with Crippen LogP contribution >= 0.6 is 15.9 Å². The summed E-state index contributed by atoms with van der Waals surface area (Å²) in [7, 11) is 0. The van der Waals surface area contributed by atoms with Crippen molar-refractivity contribution in [2.75, 3.05) is 11.9 Å². The Balaban J connectivity index is 2.11. The average molecular weight is 457 g/mol. The van der Waals surface area contributed by atoms with Crippen LogP contribution in [0.1, 0.15) is 32.3 Å². The molecule has 0 aliphatic heterocycles. The van der Waals surface area contributed by atoms with Gasteiger partial charge in [0, 0.05) is 22.4 Å². The molecule has 1 aromatic heterocycles. The lowest BCUT2D eigenvalue weighted by molar-refractivity contribution is -0.0356. The first-order chi connectivity index (χ1) is 13.3. The van der Waals surface area contributed by atoms with Gasteiger partial charge >= 0.3 is 0 Å². The third-order valence-electron chi connectivity index (χ3n) is 5.14. The Morgan fingerprint density at radius 2 is 2.18 bits per heavy atom. The second-order valence-corrected chi connectivity index (χ2v) is 8.11. The molecule has 1 N–H and O–H groups in total. The molecule has 1 unspecified atom stereocenters. The number of aromatic nitrogens is 3. The van der Waals surface area contributed by atoms with Crippen LogP contribution in [0.25, 0.3) is 0 Å². The van der Waals surface area contributed by atoms with Gasteiger partial charge in [0.25, 0.3) is 0 Å². The fraction of sp³-hybridized carbons (Fsp3) is 0.526. The standard InChI is InChI=1S/C19H23BrF2N4O2/c1-13(2)17(25-28-8-7-20)18(5-6-18)19(27,10-26-12-23-11-24-26)15-4-3-14(21)9-16(15)22/h3-4,9,11-13,27H,5-8,10H2,1-2H3. The van der Waals surface area contributed by atoms with E-state index < -0.39 is 22.7 Å². The molecule has 1 atom stereocenters. The summed E-state index contributed by atoms with van der Waals surface area (Å²) in [6.45, 7) is 4.24. The van der Waals surface area contributed by atoms with Gasteiger partial charge in [-0.05, 0) is 24.8 Å². The molecule has 6 nitrogen and oxygen atoms in total. The molecular weight excluding hydrogens is 434 g/mol. The topological polar surface area (TPSA) is 72.5 Å². The lowest BCUT2D eigenvalue weighted by Gasteiger charge is -2.39. The Bertz CT molecular complexity index is 840. The molecule has 1 heterocycles. The first-order valence-corrected chi connectivity index (χ1v) is 10.2. The van der Waals surface area contributed by atoms with E-state index in [0.29, 0.717) is 30.5 Å². The molecular formula is C19H23BrF2N4O2. The van der Waals surface area contributed by atoms with Crippen molar-refractivity contribution in [1.29, 1.82) is 0 Å². The number of oxime groups is 1. The molecule has 0 radical (unpaired) electrons. The van der Waals surface area contributed by atoms with Crippen LogP contribution in [0.15, 0.2) is 36.0 Å². The highest BCUT2D eigenvalue weighted by atomic mass is 79.9. The zero-order chi connectivity index (χ0) is 20.4. The molecule has 0 bridgehead atoms. The van der Waals surface area contributed by atoms with Crippen LogP contribution in [0.4, 0.5) is 8.78 Å². The van der Waals surface area contributed by atoms with Gasteiger partial charge in [-0.2, -0.15) is 5.10 Å². The van der Waals surface area contributed by atoms with Crippen molar-refractivity contribution in [3.63, 3.8) is 0 Å². The SMILES string of the molecule is CC(C)C(=NOCCBr)C1(C(O)(Cn2cncn2)c2ccc(F)cc2F)CC1. The third-order valence-corrected chi connectivity index (χ3v) is 5.47. The van der Waals surface area contributed by atoms with E-state index in [1.54, 1.807) is 0 Å². The molecule has 1 saturated carbocycles. The van der Waals surface area contributed by atoms with Gasteiger partial charge in [-0.25, -0.2) is 18.4 Å². The zero-order valence-corrected chi connectivity index (χ0v) is 17.4. The highest BCUT2D eigenvalue weighted by Crippen LogP contribution is 2.61. The first kappa shape index (κ1) is 20.9. The quantitative estimate of drug-likeness (QED) is 0.270. The van der Waals surface area contributed by atoms with E-state index in [0.717, 1.165) is 12.1 Å². The summed E-state index contributed by atoms with van der Waals surface area (Å²) >= 11 is 3.29. The van der Waals surface area contributed by atoms with Crippen LogP contribution in [-0.4, -0.2) is 37.5 Å². The molecule has 0 saturated heterocycles. The van der Waals surface area contributed by atoms with Gasteiger partial charge in [0.05, 0.1) is 12.3 Å². The fourth-order valence-electron chi connectivity index (χ4n) is 3.77. The maximum atomic E-state index is 14.8. The predicted octanol–water partition coefficient (Wildman–Crippen LogP) is 3.65. The summed E-state index contributed by atoms with van der Waals surface area (Å²) in [6.07, 6.45) is 4.00. The summed E-state index contributed by atoms with van der Waals surface area (Å²) in [4.78, 5) is 9.30. The summed E-state index contributed by atoms with van der Waals surface area (Å²) in [5, 5.41) is 20.9. The summed E-state index contributed by atoms with van der Waals surface area (Å²) in [5.41, 5.74) is -1.87. The highest BCUT2D eigenvalue weighted by Gasteiger charge is 2.64. The van der Waals surface area contributed by atoms with Crippen LogP contribution < -0.4 is 0 Å². The van der Waals surface area contributed by atoms with E-state index in [4.69, 9.17) is 4.84 Å².